The summed E-state index contributed by atoms with van der Waals surface area (Å²) in [6.45, 7) is 4.80. The molecule has 1 aromatic carbocycles. The third kappa shape index (κ3) is 5.60. The maximum absolute atomic E-state index is 12.6. The molecule has 1 fully saturated rings. The molecule has 1 saturated heterocycles. The lowest BCUT2D eigenvalue weighted by molar-refractivity contribution is 0.0953. The van der Waals surface area contributed by atoms with Crippen molar-refractivity contribution in [2.24, 2.45) is 0 Å². The molecule has 5 nitrogen and oxygen atoms in total. The Morgan fingerprint density at radius 3 is 2.86 bits per heavy atom. The first-order valence-electron chi connectivity index (χ1n) is 10.8. The van der Waals surface area contributed by atoms with Gasteiger partial charge in [0.25, 0.3) is 5.91 Å². The first kappa shape index (κ1) is 20.4. The van der Waals surface area contributed by atoms with Gasteiger partial charge in [0.05, 0.1) is 0 Å². The molecule has 1 aliphatic carbocycles. The Hall–Kier alpha value is -2.30. The zero-order valence-corrected chi connectivity index (χ0v) is 17.0. The van der Waals surface area contributed by atoms with Crippen LogP contribution in [0.5, 0.6) is 0 Å². The fraction of sp³-hybridized carbons (Fsp3) is 0.565. The molecular formula is C23H33N3O2. The van der Waals surface area contributed by atoms with Gasteiger partial charge in [-0.3, -0.25) is 4.79 Å². The van der Waals surface area contributed by atoms with E-state index in [-0.39, 0.29) is 17.9 Å². The average Bonchev–Trinajstić information content (AvgIpc) is 2.75. The molecular weight excluding hydrogens is 350 g/mol. The van der Waals surface area contributed by atoms with Crippen LogP contribution in [0.3, 0.4) is 0 Å². The highest BCUT2D eigenvalue weighted by Gasteiger charge is 2.24. The molecule has 2 N–H and O–H groups in total. The van der Waals surface area contributed by atoms with Crippen molar-refractivity contribution in [3.8, 4) is 0 Å². The number of hydrogen-bond acceptors (Lipinski definition) is 2. The van der Waals surface area contributed by atoms with Gasteiger partial charge in [-0.2, -0.15) is 0 Å². The quantitative estimate of drug-likeness (QED) is 0.723. The van der Waals surface area contributed by atoms with Crippen molar-refractivity contribution in [3.63, 3.8) is 0 Å². The molecule has 1 aromatic rings. The fourth-order valence-electron chi connectivity index (χ4n) is 4.20. The molecule has 0 bridgehead atoms. The summed E-state index contributed by atoms with van der Waals surface area (Å²) in [5.74, 6) is 0.283. The van der Waals surface area contributed by atoms with Crippen LogP contribution in [0.4, 0.5) is 4.79 Å². The van der Waals surface area contributed by atoms with Crippen LogP contribution >= 0.6 is 0 Å². The number of carbonyl (C=O) groups is 2. The molecule has 28 heavy (non-hydrogen) atoms. The van der Waals surface area contributed by atoms with Crippen molar-refractivity contribution in [2.75, 3.05) is 26.2 Å². The summed E-state index contributed by atoms with van der Waals surface area (Å²) in [6, 6.07) is 7.93. The molecule has 0 spiro atoms. The number of rotatable bonds is 6. The Kier molecular flexibility index (Phi) is 7.52. The Bertz CT molecular complexity index is 714. The molecule has 1 aliphatic heterocycles. The van der Waals surface area contributed by atoms with Crippen molar-refractivity contribution in [1.29, 1.82) is 0 Å². The third-order valence-corrected chi connectivity index (χ3v) is 5.77. The second kappa shape index (κ2) is 10.3. The van der Waals surface area contributed by atoms with E-state index in [1.54, 1.807) is 0 Å². The van der Waals surface area contributed by atoms with Gasteiger partial charge in [0.15, 0.2) is 0 Å². The second-order valence-electron chi connectivity index (χ2n) is 7.86. The number of nitrogens with one attached hydrogen (secondary N) is 2. The Labute approximate surface area is 168 Å². The van der Waals surface area contributed by atoms with Gasteiger partial charge in [-0.15, -0.1) is 0 Å². The van der Waals surface area contributed by atoms with Crippen LogP contribution in [-0.4, -0.2) is 43.0 Å². The summed E-state index contributed by atoms with van der Waals surface area (Å²) in [5.41, 5.74) is 3.34. The molecule has 1 unspecified atom stereocenters. The summed E-state index contributed by atoms with van der Waals surface area (Å²) in [5, 5.41) is 5.95. The van der Waals surface area contributed by atoms with E-state index in [0.717, 1.165) is 31.4 Å². The van der Waals surface area contributed by atoms with Gasteiger partial charge in [-0.05, 0) is 69.6 Å². The highest BCUT2D eigenvalue weighted by Crippen LogP contribution is 2.27. The summed E-state index contributed by atoms with van der Waals surface area (Å²) in [4.78, 5) is 26.6. The maximum Gasteiger partial charge on any atom is 0.317 e. The molecule has 1 atom stereocenters. The monoisotopic (exact) mass is 383 g/mol. The standard InChI is InChI=1S/C23H33N3O2/c1-2-24-23(28)26-15-7-12-21(17-26)19-10-6-11-20(16-19)22(27)25-14-13-18-8-4-3-5-9-18/h6,8,10-11,16,21H,2-5,7,9,12-15,17H2,1H3,(H,24,28)(H,25,27). The zero-order chi connectivity index (χ0) is 19.8. The van der Waals surface area contributed by atoms with Crippen LogP contribution in [0, 0.1) is 0 Å². The van der Waals surface area contributed by atoms with E-state index >= 15 is 0 Å². The first-order chi connectivity index (χ1) is 13.7. The normalized spacial score (nSPS) is 19.7. The second-order valence-corrected chi connectivity index (χ2v) is 7.86. The molecule has 5 heteroatoms. The van der Waals surface area contributed by atoms with Gasteiger partial charge in [0.2, 0.25) is 0 Å². The first-order valence-corrected chi connectivity index (χ1v) is 10.8. The molecule has 3 rings (SSSR count). The van der Waals surface area contributed by atoms with Gasteiger partial charge in [0, 0.05) is 37.7 Å². The van der Waals surface area contributed by atoms with Crippen LogP contribution < -0.4 is 10.6 Å². The molecule has 152 valence electrons. The summed E-state index contributed by atoms with van der Waals surface area (Å²) >= 11 is 0. The van der Waals surface area contributed by atoms with Crippen molar-refractivity contribution < 1.29 is 9.59 Å². The van der Waals surface area contributed by atoms with Crippen LogP contribution in [0.15, 0.2) is 35.9 Å². The largest absolute Gasteiger partial charge is 0.352 e. The summed E-state index contributed by atoms with van der Waals surface area (Å²) < 4.78 is 0. The molecule has 2 aliphatic rings. The van der Waals surface area contributed by atoms with Crippen LogP contribution in [0.2, 0.25) is 0 Å². The van der Waals surface area contributed by atoms with E-state index in [2.05, 4.69) is 22.8 Å². The lowest BCUT2D eigenvalue weighted by Crippen LogP contribution is -2.44. The van der Waals surface area contributed by atoms with E-state index < -0.39 is 0 Å². The van der Waals surface area contributed by atoms with E-state index in [9.17, 15) is 9.59 Å². The maximum atomic E-state index is 12.6. The highest BCUT2D eigenvalue weighted by molar-refractivity contribution is 5.94. The van der Waals surface area contributed by atoms with E-state index in [1.807, 2.05) is 30.0 Å². The Morgan fingerprint density at radius 2 is 2.07 bits per heavy atom. The minimum Gasteiger partial charge on any atom is -0.352 e. The van der Waals surface area contributed by atoms with Crippen LogP contribution in [-0.2, 0) is 0 Å². The molecule has 3 amide bonds. The molecule has 0 radical (unpaired) electrons. The number of nitrogens with zero attached hydrogens (tertiary/aromatic N) is 1. The summed E-state index contributed by atoms with van der Waals surface area (Å²) in [6.07, 6.45) is 10.3. The zero-order valence-electron chi connectivity index (χ0n) is 17.0. The number of benzene rings is 1. The van der Waals surface area contributed by atoms with Crippen LogP contribution in [0.25, 0.3) is 0 Å². The number of urea groups is 1. The van der Waals surface area contributed by atoms with E-state index in [4.69, 9.17) is 0 Å². The summed E-state index contributed by atoms with van der Waals surface area (Å²) in [7, 11) is 0. The van der Waals surface area contributed by atoms with Gasteiger partial charge in [-0.25, -0.2) is 4.79 Å². The van der Waals surface area contributed by atoms with Gasteiger partial charge < -0.3 is 15.5 Å². The molecule has 1 heterocycles. The number of likely N-dealkylation sites (tertiary alicyclic amines) is 1. The van der Waals surface area contributed by atoms with Gasteiger partial charge >= 0.3 is 6.03 Å². The van der Waals surface area contributed by atoms with Gasteiger partial charge in [0.1, 0.15) is 0 Å². The van der Waals surface area contributed by atoms with Crippen molar-refractivity contribution in [1.82, 2.24) is 15.5 Å². The number of hydrogen-bond donors (Lipinski definition) is 2. The van der Waals surface area contributed by atoms with E-state index in [0.29, 0.717) is 25.2 Å². The van der Waals surface area contributed by atoms with Crippen molar-refractivity contribution >= 4 is 11.9 Å². The lowest BCUT2D eigenvalue weighted by atomic mass is 9.89. The number of carbonyl (C=O) groups excluding carboxylic acids is 2. The molecule has 0 aromatic heterocycles. The highest BCUT2D eigenvalue weighted by atomic mass is 16.2. The average molecular weight is 384 g/mol. The van der Waals surface area contributed by atoms with Crippen molar-refractivity contribution in [3.05, 3.63) is 47.0 Å². The predicted octanol–water partition coefficient (Wildman–Crippen LogP) is 4.22. The lowest BCUT2D eigenvalue weighted by Gasteiger charge is -2.33. The van der Waals surface area contributed by atoms with Crippen molar-refractivity contribution in [2.45, 2.75) is 57.8 Å². The minimum absolute atomic E-state index is 0.00495. The number of amides is 3. The smallest absolute Gasteiger partial charge is 0.317 e. The van der Waals surface area contributed by atoms with Gasteiger partial charge in [-0.1, -0.05) is 23.8 Å². The fourth-order valence-corrected chi connectivity index (χ4v) is 4.20. The minimum atomic E-state index is -0.00495. The number of allylic oxidation sites excluding steroid dienone is 1. The predicted molar refractivity (Wildman–Crippen MR) is 113 cm³/mol. The van der Waals surface area contributed by atoms with Crippen LogP contribution in [0.1, 0.15) is 73.7 Å². The third-order valence-electron chi connectivity index (χ3n) is 5.77. The number of piperidine rings is 1. The Morgan fingerprint density at radius 1 is 1.18 bits per heavy atom. The van der Waals surface area contributed by atoms with E-state index in [1.165, 1.54) is 31.3 Å². The Balaban J connectivity index is 1.56. The topological polar surface area (TPSA) is 61.4 Å². The molecule has 0 saturated carbocycles. The SMILES string of the molecule is CCNC(=O)N1CCCC(c2cccc(C(=O)NCCC3=CCCCC3)c2)C1.